The lowest BCUT2D eigenvalue weighted by Gasteiger charge is -2.34. The lowest BCUT2D eigenvalue weighted by molar-refractivity contribution is -0.134. The zero-order valence-electron chi connectivity index (χ0n) is 20.0. The third kappa shape index (κ3) is 7.82. The molecule has 2 N–H and O–H groups in total. The van der Waals surface area contributed by atoms with Crippen molar-refractivity contribution in [3.8, 4) is 0 Å². The van der Waals surface area contributed by atoms with Crippen molar-refractivity contribution in [2.24, 2.45) is 10.9 Å². The molecule has 2 saturated heterocycles. The Morgan fingerprint density at radius 3 is 2.39 bits per heavy atom. The molecule has 1 unspecified atom stereocenters. The van der Waals surface area contributed by atoms with E-state index in [9.17, 15) is 4.79 Å². The second-order valence-electron chi connectivity index (χ2n) is 9.50. The summed E-state index contributed by atoms with van der Waals surface area (Å²) < 4.78 is 0. The summed E-state index contributed by atoms with van der Waals surface area (Å²) in [5, 5.41) is 7.01. The first-order chi connectivity index (χ1) is 15.7. The lowest BCUT2D eigenvalue weighted by atomic mass is 10.1. The van der Waals surface area contributed by atoms with Crippen molar-refractivity contribution in [2.75, 3.05) is 59.4 Å². The summed E-state index contributed by atoms with van der Waals surface area (Å²) in [5.41, 5.74) is 1.40. The molecule has 0 spiro atoms. The van der Waals surface area contributed by atoms with E-state index in [0.29, 0.717) is 11.9 Å². The minimum Gasteiger partial charge on any atom is -0.355 e. The molecule has 1 atom stereocenters. The van der Waals surface area contributed by atoms with E-state index >= 15 is 0 Å². The number of aliphatic imine (C=N–C) groups is 1. The van der Waals surface area contributed by atoms with Crippen LogP contribution in [0, 0.1) is 5.92 Å². The highest BCUT2D eigenvalue weighted by molar-refractivity contribution is 14.0. The van der Waals surface area contributed by atoms with E-state index in [1.807, 2.05) is 7.05 Å². The number of nitrogens with one attached hydrogen (secondary N) is 2. The van der Waals surface area contributed by atoms with Crippen molar-refractivity contribution in [1.29, 1.82) is 0 Å². The Bertz CT molecular complexity index is 747. The molecule has 7 nitrogen and oxygen atoms in total. The van der Waals surface area contributed by atoms with Crippen molar-refractivity contribution in [3.63, 3.8) is 0 Å². The van der Waals surface area contributed by atoms with Crippen LogP contribution in [0.15, 0.2) is 35.3 Å². The first kappa shape index (κ1) is 26.2. The van der Waals surface area contributed by atoms with Crippen LogP contribution in [-0.4, -0.2) is 92.0 Å². The van der Waals surface area contributed by atoms with Gasteiger partial charge in [0.1, 0.15) is 0 Å². The molecule has 1 aromatic carbocycles. The van der Waals surface area contributed by atoms with Crippen LogP contribution in [0.4, 0.5) is 0 Å². The number of nitrogens with zero attached hydrogens (tertiary/aromatic N) is 4. The Balaban J connectivity index is 0.00000306. The Kier molecular flexibility index (Phi) is 10.7. The summed E-state index contributed by atoms with van der Waals surface area (Å²) in [4.78, 5) is 24.2. The van der Waals surface area contributed by atoms with Gasteiger partial charge in [0.2, 0.25) is 5.91 Å². The molecule has 2 heterocycles. The monoisotopic (exact) mass is 568 g/mol. The number of rotatable bonds is 7. The van der Waals surface area contributed by atoms with E-state index in [2.05, 4.69) is 60.7 Å². The second kappa shape index (κ2) is 13.5. The van der Waals surface area contributed by atoms with Crippen LogP contribution in [0.5, 0.6) is 0 Å². The molecule has 3 fully saturated rings. The van der Waals surface area contributed by atoms with Gasteiger partial charge in [-0.1, -0.05) is 43.2 Å². The standard InChI is InChI=1S/C25H40N6O.HI/c1-26-25(28-23-11-13-31(20-23)24(32)22-9-5-6-10-22)27-12-14-29-15-17-30(18-16-29)19-21-7-3-2-4-8-21;/h2-4,7-8,22-23H,5-6,9-20H2,1H3,(H2,26,27,28);1H. The number of guanidine groups is 1. The maximum Gasteiger partial charge on any atom is 0.225 e. The second-order valence-corrected chi connectivity index (χ2v) is 9.50. The van der Waals surface area contributed by atoms with E-state index in [-0.39, 0.29) is 29.9 Å². The number of likely N-dealkylation sites (tertiary alicyclic amines) is 1. The molecule has 1 aliphatic carbocycles. The molecule has 0 bridgehead atoms. The molecule has 184 valence electrons. The number of hydrogen-bond donors (Lipinski definition) is 2. The van der Waals surface area contributed by atoms with Crippen LogP contribution in [0.1, 0.15) is 37.7 Å². The first-order valence-corrected chi connectivity index (χ1v) is 12.5. The number of benzene rings is 1. The van der Waals surface area contributed by atoms with Crippen LogP contribution in [-0.2, 0) is 11.3 Å². The SMILES string of the molecule is CN=C(NCCN1CCN(Cc2ccccc2)CC1)NC1CCN(C(=O)C2CCCC2)C1.I. The quantitative estimate of drug-likeness (QED) is 0.301. The number of amides is 1. The van der Waals surface area contributed by atoms with Gasteiger partial charge in [0, 0.05) is 77.9 Å². The fraction of sp³-hybridized carbons (Fsp3) is 0.680. The number of hydrogen-bond acceptors (Lipinski definition) is 4. The summed E-state index contributed by atoms with van der Waals surface area (Å²) in [7, 11) is 1.83. The van der Waals surface area contributed by atoms with Gasteiger partial charge in [-0.2, -0.15) is 0 Å². The molecule has 3 aliphatic rings. The molecule has 0 aromatic heterocycles. The van der Waals surface area contributed by atoms with Gasteiger partial charge >= 0.3 is 0 Å². The third-order valence-corrected chi connectivity index (χ3v) is 7.20. The average molecular weight is 569 g/mol. The van der Waals surface area contributed by atoms with E-state index in [1.54, 1.807) is 0 Å². The predicted molar refractivity (Wildman–Crippen MR) is 145 cm³/mol. The molecule has 4 rings (SSSR count). The maximum atomic E-state index is 12.7. The van der Waals surface area contributed by atoms with Gasteiger partial charge < -0.3 is 15.5 Å². The molecule has 2 aliphatic heterocycles. The summed E-state index contributed by atoms with van der Waals surface area (Å²) >= 11 is 0. The van der Waals surface area contributed by atoms with Gasteiger partial charge in [0.15, 0.2) is 5.96 Å². The van der Waals surface area contributed by atoms with Crippen LogP contribution >= 0.6 is 24.0 Å². The van der Waals surface area contributed by atoms with Crippen molar-refractivity contribution >= 4 is 35.8 Å². The van der Waals surface area contributed by atoms with Gasteiger partial charge in [0.05, 0.1) is 0 Å². The molecular formula is C25H41IN6O. The molecule has 33 heavy (non-hydrogen) atoms. The molecule has 8 heteroatoms. The Morgan fingerprint density at radius 1 is 1.00 bits per heavy atom. The van der Waals surface area contributed by atoms with Crippen LogP contribution in [0.2, 0.25) is 0 Å². The fourth-order valence-corrected chi connectivity index (χ4v) is 5.24. The Labute approximate surface area is 216 Å². The fourth-order valence-electron chi connectivity index (χ4n) is 5.24. The number of piperazine rings is 1. The minimum absolute atomic E-state index is 0. The third-order valence-electron chi connectivity index (χ3n) is 7.20. The molecule has 1 aromatic rings. The van der Waals surface area contributed by atoms with E-state index in [1.165, 1.54) is 18.4 Å². The first-order valence-electron chi connectivity index (χ1n) is 12.5. The number of halogens is 1. The number of carbonyl (C=O) groups excluding carboxylic acids is 1. The minimum atomic E-state index is 0. The normalized spacial score (nSPS) is 22.9. The molecule has 1 amide bonds. The van der Waals surface area contributed by atoms with E-state index in [0.717, 1.165) is 84.1 Å². The summed E-state index contributed by atoms with van der Waals surface area (Å²) in [6, 6.07) is 11.0. The smallest absolute Gasteiger partial charge is 0.225 e. The zero-order chi connectivity index (χ0) is 22.2. The topological polar surface area (TPSA) is 63.2 Å². The maximum absolute atomic E-state index is 12.7. The van der Waals surface area contributed by atoms with Gasteiger partial charge in [-0.15, -0.1) is 24.0 Å². The van der Waals surface area contributed by atoms with Gasteiger partial charge in [0.25, 0.3) is 0 Å². The average Bonchev–Trinajstić information content (AvgIpc) is 3.52. The summed E-state index contributed by atoms with van der Waals surface area (Å²) in [5.74, 6) is 1.51. The van der Waals surface area contributed by atoms with Crippen molar-refractivity contribution in [3.05, 3.63) is 35.9 Å². The van der Waals surface area contributed by atoms with Gasteiger partial charge in [-0.05, 0) is 24.8 Å². The van der Waals surface area contributed by atoms with E-state index < -0.39 is 0 Å². The Hall–Kier alpha value is -1.39. The van der Waals surface area contributed by atoms with Crippen LogP contribution in [0.3, 0.4) is 0 Å². The summed E-state index contributed by atoms with van der Waals surface area (Å²) in [6.45, 7) is 9.10. The van der Waals surface area contributed by atoms with Crippen LogP contribution < -0.4 is 10.6 Å². The summed E-state index contributed by atoms with van der Waals surface area (Å²) in [6.07, 6.45) is 5.59. The van der Waals surface area contributed by atoms with Crippen molar-refractivity contribution in [1.82, 2.24) is 25.3 Å². The predicted octanol–water partition coefficient (Wildman–Crippen LogP) is 2.38. The van der Waals surface area contributed by atoms with Crippen LogP contribution in [0.25, 0.3) is 0 Å². The molecule has 1 saturated carbocycles. The lowest BCUT2D eigenvalue weighted by Crippen LogP contribution is -2.50. The highest BCUT2D eigenvalue weighted by Gasteiger charge is 2.32. The zero-order valence-corrected chi connectivity index (χ0v) is 22.4. The van der Waals surface area contributed by atoms with Gasteiger partial charge in [-0.3, -0.25) is 19.6 Å². The molecule has 0 radical (unpaired) electrons. The highest BCUT2D eigenvalue weighted by Crippen LogP contribution is 2.27. The Morgan fingerprint density at radius 2 is 1.70 bits per heavy atom. The molecular weight excluding hydrogens is 527 g/mol. The van der Waals surface area contributed by atoms with Crippen molar-refractivity contribution in [2.45, 2.75) is 44.7 Å². The number of carbonyl (C=O) groups is 1. The van der Waals surface area contributed by atoms with E-state index in [4.69, 9.17) is 0 Å². The highest BCUT2D eigenvalue weighted by atomic mass is 127. The van der Waals surface area contributed by atoms with Crippen molar-refractivity contribution < 1.29 is 4.79 Å². The van der Waals surface area contributed by atoms with Gasteiger partial charge in [-0.25, -0.2) is 0 Å². The largest absolute Gasteiger partial charge is 0.355 e.